The molecule has 3 aromatic carbocycles. The molecule has 0 fully saturated rings. The van der Waals surface area contributed by atoms with Crippen LogP contribution in [0, 0.1) is 6.92 Å². The van der Waals surface area contributed by atoms with Gasteiger partial charge in [0.25, 0.3) is 15.9 Å². The van der Waals surface area contributed by atoms with Gasteiger partial charge in [-0.1, -0.05) is 12.1 Å². The third kappa shape index (κ3) is 5.55. The Hall–Kier alpha value is -3.52. The standard InChI is InChI=1S/C23H24N2O5S/c1-4-30-19-11-9-18(10-12-19)25-31(27,28)20-7-5-6-17(15-20)23(26)24-21-14-16(2)8-13-22(21)29-3/h5-15,25H,4H2,1-3H3,(H,24,26). The summed E-state index contributed by atoms with van der Waals surface area (Å²) in [6, 6.07) is 17.8. The van der Waals surface area contributed by atoms with Gasteiger partial charge in [0.2, 0.25) is 0 Å². The molecule has 0 aliphatic carbocycles. The van der Waals surface area contributed by atoms with Crippen molar-refractivity contribution in [2.45, 2.75) is 18.7 Å². The molecule has 0 aromatic heterocycles. The first-order valence-electron chi connectivity index (χ1n) is 9.64. The predicted octanol–water partition coefficient (Wildman–Crippen LogP) is 4.46. The second kappa shape index (κ2) is 9.53. The van der Waals surface area contributed by atoms with E-state index >= 15 is 0 Å². The van der Waals surface area contributed by atoms with Gasteiger partial charge in [-0.25, -0.2) is 8.42 Å². The quantitative estimate of drug-likeness (QED) is 0.540. The van der Waals surface area contributed by atoms with Crippen LogP contribution in [0.3, 0.4) is 0 Å². The molecule has 0 aliphatic heterocycles. The van der Waals surface area contributed by atoms with E-state index in [2.05, 4.69) is 10.0 Å². The van der Waals surface area contributed by atoms with Crippen molar-refractivity contribution in [3.63, 3.8) is 0 Å². The number of ether oxygens (including phenoxy) is 2. The largest absolute Gasteiger partial charge is 0.495 e. The molecular weight excluding hydrogens is 416 g/mol. The number of hydrogen-bond donors (Lipinski definition) is 2. The average molecular weight is 441 g/mol. The minimum atomic E-state index is -3.88. The maximum atomic E-state index is 12.8. The highest BCUT2D eigenvalue weighted by molar-refractivity contribution is 7.92. The van der Waals surface area contributed by atoms with Crippen LogP contribution in [-0.4, -0.2) is 28.0 Å². The fourth-order valence-electron chi connectivity index (χ4n) is 2.92. The van der Waals surface area contributed by atoms with Gasteiger partial charge in [0.1, 0.15) is 11.5 Å². The minimum absolute atomic E-state index is 0.0229. The molecule has 0 atom stereocenters. The van der Waals surface area contributed by atoms with E-state index in [0.29, 0.717) is 29.5 Å². The van der Waals surface area contributed by atoms with Crippen molar-refractivity contribution in [2.75, 3.05) is 23.8 Å². The van der Waals surface area contributed by atoms with Crippen LogP contribution in [-0.2, 0) is 10.0 Å². The number of aryl methyl sites for hydroxylation is 1. The van der Waals surface area contributed by atoms with Crippen LogP contribution in [0.1, 0.15) is 22.8 Å². The van der Waals surface area contributed by atoms with E-state index < -0.39 is 15.9 Å². The average Bonchev–Trinajstić information content (AvgIpc) is 2.75. The summed E-state index contributed by atoms with van der Waals surface area (Å²) in [7, 11) is -2.37. The molecule has 3 rings (SSSR count). The molecule has 0 radical (unpaired) electrons. The normalized spacial score (nSPS) is 10.9. The molecule has 0 spiro atoms. The van der Waals surface area contributed by atoms with Crippen molar-refractivity contribution in [1.82, 2.24) is 0 Å². The number of rotatable bonds is 8. The number of nitrogens with one attached hydrogen (secondary N) is 2. The lowest BCUT2D eigenvalue weighted by molar-refractivity contribution is 0.102. The van der Waals surface area contributed by atoms with Crippen molar-refractivity contribution >= 4 is 27.3 Å². The number of sulfonamides is 1. The number of anilines is 2. The molecule has 0 saturated heterocycles. The van der Waals surface area contributed by atoms with Gasteiger partial charge in [-0.15, -0.1) is 0 Å². The summed E-state index contributed by atoms with van der Waals surface area (Å²) in [5.74, 6) is 0.720. The van der Waals surface area contributed by atoms with Gasteiger partial charge in [-0.2, -0.15) is 0 Å². The second-order valence-electron chi connectivity index (χ2n) is 6.75. The van der Waals surface area contributed by atoms with Crippen molar-refractivity contribution in [3.8, 4) is 11.5 Å². The Morgan fingerprint density at radius 1 is 1.00 bits per heavy atom. The van der Waals surface area contributed by atoms with Crippen molar-refractivity contribution < 1.29 is 22.7 Å². The van der Waals surface area contributed by atoms with Crippen LogP contribution in [0.2, 0.25) is 0 Å². The summed E-state index contributed by atoms with van der Waals surface area (Å²) >= 11 is 0. The third-order valence-corrected chi connectivity index (χ3v) is 5.81. The van der Waals surface area contributed by atoms with E-state index in [1.165, 1.54) is 25.3 Å². The van der Waals surface area contributed by atoms with Gasteiger partial charge >= 0.3 is 0 Å². The SMILES string of the molecule is CCOc1ccc(NS(=O)(=O)c2cccc(C(=O)Nc3cc(C)ccc3OC)c2)cc1. The summed E-state index contributed by atoms with van der Waals surface area (Å²) < 4.78 is 38.7. The summed E-state index contributed by atoms with van der Waals surface area (Å²) in [5.41, 5.74) is 2.06. The molecule has 162 valence electrons. The Labute approximate surface area is 182 Å². The molecule has 0 saturated carbocycles. The number of carbonyl (C=O) groups is 1. The Kier molecular flexibility index (Phi) is 6.81. The van der Waals surface area contributed by atoms with Crippen molar-refractivity contribution in [2.24, 2.45) is 0 Å². The lowest BCUT2D eigenvalue weighted by atomic mass is 10.1. The van der Waals surface area contributed by atoms with Crippen LogP contribution in [0.5, 0.6) is 11.5 Å². The zero-order chi connectivity index (χ0) is 22.4. The molecule has 0 bridgehead atoms. The van der Waals surface area contributed by atoms with Crippen molar-refractivity contribution in [3.05, 3.63) is 77.9 Å². The van der Waals surface area contributed by atoms with Gasteiger partial charge in [0, 0.05) is 11.3 Å². The van der Waals surface area contributed by atoms with E-state index in [4.69, 9.17) is 9.47 Å². The highest BCUT2D eigenvalue weighted by Crippen LogP contribution is 2.26. The fraction of sp³-hybridized carbons (Fsp3) is 0.174. The third-order valence-electron chi connectivity index (χ3n) is 4.43. The van der Waals surface area contributed by atoms with Crippen molar-refractivity contribution in [1.29, 1.82) is 0 Å². The summed E-state index contributed by atoms with van der Waals surface area (Å²) in [6.45, 7) is 4.29. The first kappa shape index (κ1) is 22.2. The summed E-state index contributed by atoms with van der Waals surface area (Å²) in [5, 5.41) is 2.77. The second-order valence-corrected chi connectivity index (χ2v) is 8.43. The number of amides is 1. The predicted molar refractivity (Wildman–Crippen MR) is 121 cm³/mol. The monoisotopic (exact) mass is 440 g/mol. The van der Waals surface area contributed by atoms with Crippen LogP contribution < -0.4 is 19.5 Å². The lowest BCUT2D eigenvalue weighted by Crippen LogP contribution is -2.16. The molecule has 0 heterocycles. The lowest BCUT2D eigenvalue weighted by Gasteiger charge is -2.12. The molecule has 7 nitrogen and oxygen atoms in total. The number of benzene rings is 3. The van der Waals surface area contributed by atoms with Gasteiger partial charge in [-0.3, -0.25) is 9.52 Å². The fourth-order valence-corrected chi connectivity index (χ4v) is 4.02. The van der Waals surface area contributed by atoms with Gasteiger partial charge in [0.15, 0.2) is 0 Å². The zero-order valence-electron chi connectivity index (χ0n) is 17.5. The van der Waals surface area contributed by atoms with E-state index in [1.807, 2.05) is 19.9 Å². The zero-order valence-corrected chi connectivity index (χ0v) is 18.3. The van der Waals surface area contributed by atoms with Crippen LogP contribution >= 0.6 is 0 Å². The number of hydrogen-bond acceptors (Lipinski definition) is 5. The first-order valence-corrected chi connectivity index (χ1v) is 11.1. The molecule has 31 heavy (non-hydrogen) atoms. The van der Waals surface area contributed by atoms with Gasteiger partial charge in [-0.05, 0) is 74.0 Å². The molecule has 2 N–H and O–H groups in total. The molecule has 0 aliphatic rings. The molecule has 1 amide bonds. The van der Waals surface area contributed by atoms with Crippen LogP contribution in [0.25, 0.3) is 0 Å². The highest BCUT2D eigenvalue weighted by Gasteiger charge is 2.17. The maximum Gasteiger partial charge on any atom is 0.261 e. The van der Waals surface area contributed by atoms with E-state index in [1.54, 1.807) is 42.5 Å². The van der Waals surface area contributed by atoms with Crippen LogP contribution in [0.15, 0.2) is 71.6 Å². The smallest absolute Gasteiger partial charge is 0.261 e. The Balaban J connectivity index is 1.80. The van der Waals surface area contributed by atoms with Gasteiger partial charge in [0.05, 0.1) is 24.3 Å². The molecular formula is C23H24N2O5S. The Morgan fingerprint density at radius 3 is 2.42 bits per heavy atom. The topological polar surface area (TPSA) is 93.7 Å². The molecule has 8 heteroatoms. The number of carbonyl (C=O) groups excluding carboxylic acids is 1. The van der Waals surface area contributed by atoms with Gasteiger partial charge < -0.3 is 14.8 Å². The van der Waals surface area contributed by atoms with E-state index in [9.17, 15) is 13.2 Å². The van der Waals surface area contributed by atoms with E-state index in [-0.39, 0.29) is 10.5 Å². The molecule has 0 unspecified atom stereocenters. The van der Waals surface area contributed by atoms with E-state index in [0.717, 1.165) is 5.56 Å². The highest BCUT2D eigenvalue weighted by atomic mass is 32.2. The summed E-state index contributed by atoms with van der Waals surface area (Å²) in [4.78, 5) is 12.7. The Morgan fingerprint density at radius 2 is 1.74 bits per heavy atom. The van der Waals surface area contributed by atoms with Crippen LogP contribution in [0.4, 0.5) is 11.4 Å². The minimum Gasteiger partial charge on any atom is -0.495 e. The molecule has 3 aromatic rings. The maximum absolute atomic E-state index is 12.8. The number of methoxy groups -OCH3 is 1. The Bertz CT molecular complexity index is 1170. The first-order chi connectivity index (χ1) is 14.8. The summed E-state index contributed by atoms with van der Waals surface area (Å²) in [6.07, 6.45) is 0.